The van der Waals surface area contributed by atoms with Crippen LogP contribution in [0.2, 0.25) is 0 Å². The minimum Gasteiger partial charge on any atom is -0.494 e. The molecular weight excluding hydrogens is 250 g/mol. The number of rotatable bonds is 7. The molecule has 0 bridgehead atoms. The fraction of sp³-hybridized carbons (Fsp3) is 0.438. The molecular formula is C16H23N3O. The summed E-state index contributed by atoms with van der Waals surface area (Å²) in [5.74, 6) is 2.10. The van der Waals surface area contributed by atoms with E-state index in [0.717, 1.165) is 25.1 Å². The monoisotopic (exact) mass is 273 g/mol. The fourth-order valence-corrected chi connectivity index (χ4v) is 2.05. The minimum atomic E-state index is 0.562. The number of nitrogens with two attached hydrogens (primary N) is 1. The molecule has 0 saturated heterocycles. The first-order valence-electron chi connectivity index (χ1n) is 7.20. The number of hydrogen-bond donors (Lipinski definition) is 1. The topological polar surface area (TPSA) is 53.1 Å². The summed E-state index contributed by atoms with van der Waals surface area (Å²) in [7, 11) is 0. The second-order valence-corrected chi connectivity index (χ2v) is 5.08. The summed E-state index contributed by atoms with van der Waals surface area (Å²) >= 11 is 0. The molecule has 0 radical (unpaired) electrons. The van der Waals surface area contributed by atoms with E-state index in [4.69, 9.17) is 10.5 Å². The molecule has 4 nitrogen and oxygen atoms in total. The maximum atomic E-state index is 5.73. The Kier molecular flexibility index (Phi) is 5.04. The van der Waals surface area contributed by atoms with E-state index in [1.165, 1.54) is 5.56 Å². The Labute approximate surface area is 120 Å². The SMILES string of the molecule is CCC(C)c1ccc(OCCCn2ccc(N)n2)cc1. The highest BCUT2D eigenvalue weighted by atomic mass is 16.5. The van der Waals surface area contributed by atoms with Gasteiger partial charge < -0.3 is 10.5 Å². The van der Waals surface area contributed by atoms with Crippen LogP contribution in [-0.4, -0.2) is 16.4 Å². The van der Waals surface area contributed by atoms with Crippen LogP contribution in [0.5, 0.6) is 5.75 Å². The van der Waals surface area contributed by atoms with Crippen LogP contribution >= 0.6 is 0 Å². The average Bonchev–Trinajstić information content (AvgIpc) is 2.89. The van der Waals surface area contributed by atoms with E-state index in [1.54, 1.807) is 6.07 Å². The molecule has 1 aromatic heterocycles. The first-order chi connectivity index (χ1) is 9.69. The number of nitrogen functional groups attached to an aromatic ring is 1. The summed E-state index contributed by atoms with van der Waals surface area (Å²) in [6.45, 7) is 5.95. The lowest BCUT2D eigenvalue weighted by Gasteiger charge is -2.10. The van der Waals surface area contributed by atoms with Gasteiger partial charge in [-0.2, -0.15) is 5.10 Å². The molecule has 0 amide bonds. The van der Waals surface area contributed by atoms with Crippen LogP contribution in [0, 0.1) is 0 Å². The fourth-order valence-electron chi connectivity index (χ4n) is 2.05. The second-order valence-electron chi connectivity index (χ2n) is 5.08. The van der Waals surface area contributed by atoms with E-state index in [1.807, 2.05) is 23.0 Å². The van der Waals surface area contributed by atoms with Gasteiger partial charge in [-0.15, -0.1) is 0 Å². The average molecular weight is 273 g/mol. The Bertz CT molecular complexity index is 519. The van der Waals surface area contributed by atoms with Crippen LogP contribution in [0.15, 0.2) is 36.5 Å². The third-order valence-corrected chi connectivity index (χ3v) is 3.52. The van der Waals surface area contributed by atoms with Gasteiger partial charge in [0, 0.05) is 19.2 Å². The van der Waals surface area contributed by atoms with Gasteiger partial charge in [0.1, 0.15) is 11.6 Å². The molecule has 0 spiro atoms. The Balaban J connectivity index is 1.74. The van der Waals surface area contributed by atoms with Gasteiger partial charge in [-0.05, 0) is 36.1 Å². The highest BCUT2D eigenvalue weighted by Crippen LogP contribution is 2.21. The molecule has 2 aromatic rings. The number of aryl methyl sites for hydroxylation is 1. The van der Waals surface area contributed by atoms with Gasteiger partial charge in [0.15, 0.2) is 0 Å². The Hall–Kier alpha value is -1.97. The van der Waals surface area contributed by atoms with Gasteiger partial charge in [0.05, 0.1) is 6.61 Å². The van der Waals surface area contributed by atoms with Crippen LogP contribution in [0.25, 0.3) is 0 Å². The maximum absolute atomic E-state index is 5.73. The van der Waals surface area contributed by atoms with Crippen molar-refractivity contribution in [2.24, 2.45) is 0 Å². The van der Waals surface area contributed by atoms with Crippen LogP contribution in [0.3, 0.4) is 0 Å². The first kappa shape index (κ1) is 14.4. The van der Waals surface area contributed by atoms with Crippen molar-refractivity contribution >= 4 is 5.82 Å². The number of benzene rings is 1. The highest BCUT2D eigenvalue weighted by molar-refractivity contribution is 5.29. The predicted molar refractivity (Wildman–Crippen MR) is 81.9 cm³/mol. The number of hydrogen-bond acceptors (Lipinski definition) is 3. The van der Waals surface area contributed by atoms with E-state index in [9.17, 15) is 0 Å². The van der Waals surface area contributed by atoms with Crippen LogP contribution in [0.1, 0.15) is 38.2 Å². The third-order valence-electron chi connectivity index (χ3n) is 3.52. The number of anilines is 1. The zero-order valence-electron chi connectivity index (χ0n) is 12.2. The van der Waals surface area contributed by atoms with Crippen molar-refractivity contribution in [1.29, 1.82) is 0 Å². The molecule has 20 heavy (non-hydrogen) atoms. The zero-order chi connectivity index (χ0) is 14.4. The lowest BCUT2D eigenvalue weighted by atomic mass is 9.99. The zero-order valence-corrected chi connectivity index (χ0v) is 12.2. The normalized spacial score (nSPS) is 12.3. The molecule has 0 saturated carbocycles. The predicted octanol–water partition coefficient (Wildman–Crippen LogP) is 3.45. The first-order valence-corrected chi connectivity index (χ1v) is 7.20. The van der Waals surface area contributed by atoms with Gasteiger partial charge in [-0.25, -0.2) is 0 Å². The maximum Gasteiger partial charge on any atom is 0.145 e. The molecule has 1 atom stereocenters. The van der Waals surface area contributed by atoms with Crippen molar-refractivity contribution < 1.29 is 4.74 Å². The minimum absolute atomic E-state index is 0.562. The third kappa shape index (κ3) is 4.02. The Morgan fingerprint density at radius 3 is 2.60 bits per heavy atom. The van der Waals surface area contributed by atoms with E-state index >= 15 is 0 Å². The van der Waals surface area contributed by atoms with E-state index in [0.29, 0.717) is 18.3 Å². The number of ether oxygens (including phenoxy) is 1. The summed E-state index contributed by atoms with van der Waals surface area (Å²) < 4.78 is 7.57. The molecule has 0 aliphatic carbocycles. The lowest BCUT2D eigenvalue weighted by molar-refractivity contribution is 0.298. The van der Waals surface area contributed by atoms with Crippen molar-refractivity contribution in [3.05, 3.63) is 42.1 Å². The highest BCUT2D eigenvalue weighted by Gasteiger charge is 2.02. The molecule has 0 aliphatic heterocycles. The Morgan fingerprint density at radius 2 is 2.00 bits per heavy atom. The van der Waals surface area contributed by atoms with Crippen LogP contribution in [-0.2, 0) is 6.54 Å². The van der Waals surface area contributed by atoms with E-state index in [2.05, 4.69) is 31.1 Å². The van der Waals surface area contributed by atoms with Gasteiger partial charge in [-0.1, -0.05) is 26.0 Å². The summed E-state index contributed by atoms with van der Waals surface area (Å²) in [6.07, 6.45) is 3.96. The molecule has 0 aliphatic rings. The number of nitrogens with zero attached hydrogens (tertiary/aromatic N) is 2. The smallest absolute Gasteiger partial charge is 0.145 e. The standard InChI is InChI=1S/C16H23N3O/c1-3-13(2)14-5-7-15(8-6-14)20-12-4-10-19-11-9-16(17)18-19/h5-9,11,13H,3-4,10,12H2,1-2H3,(H2,17,18). The largest absolute Gasteiger partial charge is 0.494 e. The molecule has 108 valence electrons. The van der Waals surface area contributed by atoms with Crippen molar-refractivity contribution in [2.45, 2.75) is 39.2 Å². The van der Waals surface area contributed by atoms with Gasteiger partial charge in [-0.3, -0.25) is 4.68 Å². The number of aromatic nitrogens is 2. The molecule has 1 heterocycles. The van der Waals surface area contributed by atoms with E-state index < -0.39 is 0 Å². The van der Waals surface area contributed by atoms with E-state index in [-0.39, 0.29) is 0 Å². The van der Waals surface area contributed by atoms with Crippen LogP contribution < -0.4 is 10.5 Å². The van der Waals surface area contributed by atoms with Gasteiger partial charge in [0.2, 0.25) is 0 Å². The van der Waals surface area contributed by atoms with Crippen molar-refractivity contribution in [3.8, 4) is 5.75 Å². The molecule has 2 rings (SSSR count). The Morgan fingerprint density at radius 1 is 1.25 bits per heavy atom. The van der Waals surface area contributed by atoms with Crippen molar-refractivity contribution in [3.63, 3.8) is 0 Å². The van der Waals surface area contributed by atoms with Crippen molar-refractivity contribution in [1.82, 2.24) is 9.78 Å². The molecule has 1 unspecified atom stereocenters. The van der Waals surface area contributed by atoms with Gasteiger partial charge in [0.25, 0.3) is 0 Å². The van der Waals surface area contributed by atoms with Crippen LogP contribution in [0.4, 0.5) is 5.82 Å². The summed E-state index contributed by atoms with van der Waals surface area (Å²) in [5.41, 5.74) is 6.93. The van der Waals surface area contributed by atoms with Crippen molar-refractivity contribution in [2.75, 3.05) is 12.3 Å². The molecule has 4 heteroatoms. The second kappa shape index (κ2) is 6.98. The van der Waals surface area contributed by atoms with Gasteiger partial charge >= 0.3 is 0 Å². The molecule has 1 aromatic carbocycles. The quantitative estimate of drug-likeness (QED) is 0.786. The molecule has 2 N–H and O–H groups in total. The summed E-state index contributed by atoms with van der Waals surface area (Å²) in [6, 6.07) is 10.2. The molecule has 0 fully saturated rings. The summed E-state index contributed by atoms with van der Waals surface area (Å²) in [5, 5.41) is 4.13. The lowest BCUT2D eigenvalue weighted by Crippen LogP contribution is -2.05. The summed E-state index contributed by atoms with van der Waals surface area (Å²) in [4.78, 5) is 0.